The summed E-state index contributed by atoms with van der Waals surface area (Å²) in [6.45, 7) is 7.08. The van der Waals surface area contributed by atoms with E-state index in [1.54, 1.807) is 18.0 Å². The van der Waals surface area contributed by atoms with Crippen LogP contribution in [0, 0.1) is 0 Å². The lowest BCUT2D eigenvalue weighted by molar-refractivity contribution is 0.475. The average molecular weight is 251 g/mol. The minimum Gasteiger partial charge on any atom is -0.467 e. The summed E-state index contributed by atoms with van der Waals surface area (Å²) >= 11 is 1.71. The van der Waals surface area contributed by atoms with Crippen LogP contribution in [0.15, 0.2) is 28.0 Å². The Hall–Kier alpha value is -1.23. The van der Waals surface area contributed by atoms with Gasteiger partial charge in [-0.2, -0.15) is 0 Å². The van der Waals surface area contributed by atoms with Crippen molar-refractivity contribution in [3.63, 3.8) is 0 Å². The van der Waals surface area contributed by atoms with Gasteiger partial charge in [0.25, 0.3) is 0 Å². The molecule has 92 valence electrons. The van der Waals surface area contributed by atoms with E-state index < -0.39 is 0 Å². The average Bonchev–Trinajstić information content (AvgIpc) is 2.90. The van der Waals surface area contributed by atoms with E-state index in [-0.39, 0.29) is 0 Å². The molecule has 0 saturated heterocycles. The number of aromatic nitrogens is 3. The summed E-state index contributed by atoms with van der Waals surface area (Å²) in [5.41, 5.74) is 0. The Morgan fingerprint density at radius 2 is 2.24 bits per heavy atom. The van der Waals surface area contributed by atoms with Gasteiger partial charge in [0.1, 0.15) is 11.6 Å². The molecule has 0 aliphatic carbocycles. The van der Waals surface area contributed by atoms with Gasteiger partial charge in [0, 0.05) is 5.92 Å². The zero-order valence-corrected chi connectivity index (χ0v) is 11.2. The molecule has 0 fully saturated rings. The predicted octanol–water partition coefficient (Wildman–Crippen LogP) is 3.15. The van der Waals surface area contributed by atoms with E-state index in [9.17, 15) is 0 Å². The Morgan fingerprint density at radius 3 is 2.82 bits per heavy atom. The molecule has 2 aromatic rings. The molecule has 2 heterocycles. The van der Waals surface area contributed by atoms with E-state index in [2.05, 4.69) is 35.5 Å². The fourth-order valence-electron chi connectivity index (χ4n) is 1.67. The highest BCUT2D eigenvalue weighted by atomic mass is 32.2. The Balaban J connectivity index is 2.30. The first kappa shape index (κ1) is 12.2. The molecule has 0 spiro atoms. The molecule has 0 bridgehead atoms. The molecule has 0 aliphatic rings. The monoisotopic (exact) mass is 251 g/mol. The van der Waals surface area contributed by atoms with Crippen molar-refractivity contribution in [2.75, 3.05) is 5.75 Å². The van der Waals surface area contributed by atoms with Gasteiger partial charge in [-0.1, -0.05) is 32.5 Å². The summed E-state index contributed by atoms with van der Waals surface area (Å²) in [7, 11) is 0. The Bertz CT molecular complexity index is 462. The zero-order chi connectivity index (χ0) is 12.3. The highest BCUT2D eigenvalue weighted by Gasteiger charge is 2.15. The van der Waals surface area contributed by atoms with Gasteiger partial charge in [0.05, 0.1) is 12.8 Å². The van der Waals surface area contributed by atoms with Crippen LogP contribution in [0.25, 0.3) is 0 Å². The first-order valence-corrected chi connectivity index (χ1v) is 6.79. The summed E-state index contributed by atoms with van der Waals surface area (Å²) in [6, 6.07) is 3.88. The van der Waals surface area contributed by atoms with Gasteiger partial charge >= 0.3 is 0 Å². The molecule has 0 radical (unpaired) electrons. The van der Waals surface area contributed by atoms with Crippen LogP contribution in [0.3, 0.4) is 0 Å². The standard InChI is InChI=1S/C12H17N3OS/c1-4-17-12-14-13-11(9(2)3)15(12)8-10-6-5-7-16-10/h5-7,9H,4,8H2,1-3H3. The smallest absolute Gasteiger partial charge is 0.191 e. The van der Waals surface area contributed by atoms with Crippen LogP contribution in [-0.4, -0.2) is 20.5 Å². The van der Waals surface area contributed by atoms with Gasteiger partial charge in [-0.15, -0.1) is 10.2 Å². The Labute approximate surface area is 105 Å². The lowest BCUT2D eigenvalue weighted by Gasteiger charge is -2.09. The second-order valence-electron chi connectivity index (χ2n) is 4.09. The maximum absolute atomic E-state index is 5.39. The van der Waals surface area contributed by atoms with E-state index in [0.29, 0.717) is 12.5 Å². The fourth-order valence-corrected chi connectivity index (χ4v) is 2.34. The summed E-state index contributed by atoms with van der Waals surface area (Å²) < 4.78 is 7.53. The quantitative estimate of drug-likeness (QED) is 0.766. The van der Waals surface area contributed by atoms with Crippen molar-refractivity contribution < 1.29 is 4.42 Å². The maximum atomic E-state index is 5.39. The van der Waals surface area contributed by atoms with Crippen LogP contribution in [-0.2, 0) is 6.54 Å². The van der Waals surface area contributed by atoms with Crippen molar-refractivity contribution in [3.05, 3.63) is 30.0 Å². The van der Waals surface area contributed by atoms with Crippen molar-refractivity contribution in [1.29, 1.82) is 0 Å². The number of hydrogen-bond donors (Lipinski definition) is 0. The normalized spacial score (nSPS) is 11.3. The lowest BCUT2D eigenvalue weighted by Crippen LogP contribution is -2.07. The molecule has 0 saturated carbocycles. The lowest BCUT2D eigenvalue weighted by atomic mass is 10.2. The van der Waals surface area contributed by atoms with Crippen LogP contribution in [0.4, 0.5) is 0 Å². The number of thioether (sulfide) groups is 1. The molecular weight excluding hydrogens is 234 g/mol. The molecule has 0 N–H and O–H groups in total. The molecule has 2 aromatic heterocycles. The van der Waals surface area contributed by atoms with Crippen molar-refractivity contribution in [1.82, 2.24) is 14.8 Å². The van der Waals surface area contributed by atoms with Crippen LogP contribution < -0.4 is 0 Å². The maximum Gasteiger partial charge on any atom is 0.191 e. The molecule has 0 aromatic carbocycles. The van der Waals surface area contributed by atoms with Gasteiger partial charge in [-0.3, -0.25) is 4.57 Å². The number of nitrogens with zero attached hydrogens (tertiary/aromatic N) is 3. The molecule has 5 heteroatoms. The van der Waals surface area contributed by atoms with Gasteiger partial charge < -0.3 is 4.42 Å². The summed E-state index contributed by atoms with van der Waals surface area (Å²) in [5.74, 6) is 3.31. The summed E-state index contributed by atoms with van der Waals surface area (Å²) in [5, 5.41) is 9.47. The third-order valence-electron chi connectivity index (χ3n) is 2.43. The SMILES string of the molecule is CCSc1nnc(C(C)C)n1Cc1ccco1. The van der Waals surface area contributed by atoms with Crippen LogP contribution in [0.2, 0.25) is 0 Å². The molecule has 0 atom stereocenters. The van der Waals surface area contributed by atoms with E-state index in [4.69, 9.17) is 4.42 Å². The van der Waals surface area contributed by atoms with Crippen molar-refractivity contribution in [2.24, 2.45) is 0 Å². The number of rotatable bonds is 5. The predicted molar refractivity (Wildman–Crippen MR) is 68.3 cm³/mol. The largest absolute Gasteiger partial charge is 0.467 e. The van der Waals surface area contributed by atoms with Gasteiger partial charge in [0.15, 0.2) is 5.16 Å². The van der Waals surface area contributed by atoms with Crippen molar-refractivity contribution in [3.8, 4) is 0 Å². The highest BCUT2D eigenvalue weighted by Crippen LogP contribution is 2.22. The third-order valence-corrected chi connectivity index (χ3v) is 3.28. The molecular formula is C12H17N3OS. The second kappa shape index (κ2) is 5.40. The molecule has 0 amide bonds. The topological polar surface area (TPSA) is 43.9 Å². The molecule has 2 rings (SSSR count). The minimum absolute atomic E-state index is 0.365. The first-order chi connectivity index (χ1) is 8.22. The first-order valence-electron chi connectivity index (χ1n) is 5.80. The molecule has 4 nitrogen and oxygen atoms in total. The molecule has 0 unspecified atom stereocenters. The summed E-state index contributed by atoms with van der Waals surface area (Å²) in [4.78, 5) is 0. The van der Waals surface area contributed by atoms with Gasteiger partial charge in [-0.25, -0.2) is 0 Å². The van der Waals surface area contributed by atoms with Crippen LogP contribution in [0.1, 0.15) is 38.3 Å². The van der Waals surface area contributed by atoms with E-state index in [1.807, 2.05) is 12.1 Å². The Morgan fingerprint density at radius 1 is 1.41 bits per heavy atom. The number of hydrogen-bond acceptors (Lipinski definition) is 4. The fraction of sp³-hybridized carbons (Fsp3) is 0.500. The highest BCUT2D eigenvalue weighted by molar-refractivity contribution is 7.99. The van der Waals surface area contributed by atoms with Crippen LogP contribution in [0.5, 0.6) is 0 Å². The Kier molecular flexibility index (Phi) is 3.89. The molecule has 0 aliphatic heterocycles. The van der Waals surface area contributed by atoms with Gasteiger partial charge in [-0.05, 0) is 17.9 Å². The second-order valence-corrected chi connectivity index (χ2v) is 5.33. The number of furan rings is 1. The van der Waals surface area contributed by atoms with Crippen molar-refractivity contribution in [2.45, 2.75) is 38.4 Å². The van der Waals surface area contributed by atoms with Crippen molar-refractivity contribution >= 4 is 11.8 Å². The van der Waals surface area contributed by atoms with E-state index >= 15 is 0 Å². The van der Waals surface area contributed by atoms with E-state index in [1.165, 1.54) is 0 Å². The van der Waals surface area contributed by atoms with Crippen LogP contribution >= 0.6 is 11.8 Å². The summed E-state index contributed by atoms with van der Waals surface area (Å²) in [6.07, 6.45) is 1.70. The zero-order valence-electron chi connectivity index (χ0n) is 10.4. The minimum atomic E-state index is 0.365. The van der Waals surface area contributed by atoms with Gasteiger partial charge in [0.2, 0.25) is 0 Å². The van der Waals surface area contributed by atoms with E-state index in [0.717, 1.165) is 22.5 Å². The third kappa shape index (κ3) is 2.72. The molecule has 17 heavy (non-hydrogen) atoms.